The molecule has 2 rings (SSSR count). The van der Waals surface area contributed by atoms with Gasteiger partial charge in [0.05, 0.1) is 0 Å². The van der Waals surface area contributed by atoms with Gasteiger partial charge in [0.25, 0.3) is 0 Å². The molecule has 1 fully saturated rings. The van der Waals surface area contributed by atoms with Crippen molar-refractivity contribution in [2.75, 3.05) is 0 Å². The van der Waals surface area contributed by atoms with Crippen LogP contribution in [0, 0.1) is 0 Å². The smallest absolute Gasteiger partial charge is 0.240 e. The number of nitrogens with one attached hydrogen (secondary N) is 1. The summed E-state index contributed by atoms with van der Waals surface area (Å²) in [6.45, 7) is 2.31. The van der Waals surface area contributed by atoms with E-state index in [2.05, 4.69) is 5.32 Å². The predicted molar refractivity (Wildman–Crippen MR) is 67.4 cm³/mol. The summed E-state index contributed by atoms with van der Waals surface area (Å²) in [6, 6.07) is 4.25. The second-order valence-corrected chi connectivity index (χ2v) is 4.90. The van der Waals surface area contributed by atoms with E-state index in [-0.39, 0.29) is 11.9 Å². The van der Waals surface area contributed by atoms with Crippen molar-refractivity contribution in [2.45, 2.75) is 51.2 Å². The molecule has 1 heterocycles. The number of carbonyl (C=O) groups excluding carboxylic acids is 1. The summed E-state index contributed by atoms with van der Waals surface area (Å²) < 4.78 is 1.93. The van der Waals surface area contributed by atoms with Crippen molar-refractivity contribution in [1.29, 1.82) is 0 Å². The summed E-state index contributed by atoms with van der Waals surface area (Å²) in [4.78, 5) is 11.9. The molecular formula is C13H21N3O. The molecule has 4 heteroatoms. The highest BCUT2D eigenvalue weighted by Crippen LogP contribution is 2.17. The first-order valence-corrected chi connectivity index (χ1v) is 6.37. The fraction of sp³-hybridized carbons (Fsp3) is 0.615. The summed E-state index contributed by atoms with van der Waals surface area (Å²) in [5, 5.41) is 3.08. The lowest BCUT2D eigenvalue weighted by Crippen LogP contribution is -2.35. The molecule has 1 unspecified atom stereocenters. The Kier molecular flexibility index (Phi) is 3.84. The lowest BCUT2D eigenvalue weighted by molar-refractivity contribution is -0.122. The minimum Gasteiger partial charge on any atom is -0.352 e. The first-order chi connectivity index (χ1) is 8.16. The van der Waals surface area contributed by atoms with Crippen molar-refractivity contribution < 1.29 is 4.79 Å². The Balaban J connectivity index is 1.90. The molecule has 17 heavy (non-hydrogen) atoms. The third kappa shape index (κ3) is 3.09. The van der Waals surface area contributed by atoms with E-state index in [1.807, 2.05) is 29.8 Å². The van der Waals surface area contributed by atoms with E-state index in [1.165, 1.54) is 12.8 Å². The van der Waals surface area contributed by atoms with Crippen LogP contribution in [0.15, 0.2) is 18.3 Å². The zero-order valence-corrected chi connectivity index (χ0v) is 10.4. The average Bonchev–Trinajstić information content (AvgIpc) is 2.88. The van der Waals surface area contributed by atoms with E-state index in [1.54, 1.807) is 0 Å². The highest BCUT2D eigenvalue weighted by molar-refractivity contribution is 5.76. The van der Waals surface area contributed by atoms with Crippen LogP contribution in [0.4, 0.5) is 0 Å². The van der Waals surface area contributed by atoms with Gasteiger partial charge in [-0.25, -0.2) is 0 Å². The maximum atomic E-state index is 11.9. The summed E-state index contributed by atoms with van der Waals surface area (Å²) in [6.07, 6.45) is 6.63. The van der Waals surface area contributed by atoms with Gasteiger partial charge >= 0.3 is 0 Å². The molecule has 4 nitrogen and oxygen atoms in total. The van der Waals surface area contributed by atoms with Crippen molar-refractivity contribution >= 4 is 5.91 Å². The molecule has 3 N–H and O–H groups in total. The quantitative estimate of drug-likeness (QED) is 0.832. The Labute approximate surface area is 102 Å². The van der Waals surface area contributed by atoms with Gasteiger partial charge < -0.3 is 15.6 Å². The lowest BCUT2D eigenvalue weighted by atomic mass is 10.2. The van der Waals surface area contributed by atoms with Gasteiger partial charge in [0, 0.05) is 24.0 Å². The fourth-order valence-electron chi connectivity index (χ4n) is 2.48. The number of aromatic nitrogens is 1. The summed E-state index contributed by atoms with van der Waals surface area (Å²) in [5.74, 6) is 0.0926. The van der Waals surface area contributed by atoms with Crippen LogP contribution in [0.5, 0.6) is 0 Å². The molecule has 1 aromatic rings. The van der Waals surface area contributed by atoms with Gasteiger partial charge in [-0.1, -0.05) is 12.8 Å². The molecule has 0 saturated heterocycles. The Morgan fingerprint density at radius 3 is 2.94 bits per heavy atom. The van der Waals surface area contributed by atoms with Crippen molar-refractivity contribution in [3.8, 4) is 0 Å². The number of carbonyl (C=O) groups is 1. The van der Waals surface area contributed by atoms with Crippen LogP contribution in [0.2, 0.25) is 0 Å². The van der Waals surface area contributed by atoms with Crippen LogP contribution in [0.1, 0.15) is 44.3 Å². The Hall–Kier alpha value is -1.29. The second kappa shape index (κ2) is 5.36. The van der Waals surface area contributed by atoms with Crippen LogP contribution in [-0.2, 0) is 11.3 Å². The second-order valence-electron chi connectivity index (χ2n) is 4.90. The van der Waals surface area contributed by atoms with Crippen molar-refractivity contribution in [2.24, 2.45) is 5.73 Å². The lowest BCUT2D eigenvalue weighted by Gasteiger charge is -2.15. The Morgan fingerprint density at radius 1 is 1.59 bits per heavy atom. The predicted octanol–water partition coefficient (Wildman–Crippen LogP) is 1.57. The molecular weight excluding hydrogens is 214 g/mol. The number of nitrogens with zero attached hydrogens (tertiary/aromatic N) is 1. The van der Waals surface area contributed by atoms with Crippen LogP contribution in [-0.4, -0.2) is 16.5 Å². The molecule has 1 aliphatic rings. The van der Waals surface area contributed by atoms with Gasteiger partial charge in [0.15, 0.2) is 0 Å². The number of amides is 1. The maximum absolute atomic E-state index is 11.9. The topological polar surface area (TPSA) is 60.0 Å². The monoisotopic (exact) mass is 235 g/mol. The van der Waals surface area contributed by atoms with E-state index in [4.69, 9.17) is 5.73 Å². The van der Waals surface area contributed by atoms with Crippen LogP contribution >= 0.6 is 0 Å². The normalized spacial score (nSPS) is 18.2. The van der Waals surface area contributed by atoms with Crippen molar-refractivity contribution in [1.82, 2.24) is 9.88 Å². The van der Waals surface area contributed by atoms with Gasteiger partial charge in [-0.05, 0) is 31.9 Å². The number of nitrogens with two attached hydrogens (primary N) is 1. The molecule has 1 atom stereocenters. The van der Waals surface area contributed by atoms with Crippen LogP contribution in [0.3, 0.4) is 0 Å². The zero-order chi connectivity index (χ0) is 12.3. The zero-order valence-electron chi connectivity index (χ0n) is 10.4. The molecule has 94 valence electrons. The van der Waals surface area contributed by atoms with E-state index in [0.717, 1.165) is 18.5 Å². The molecule has 1 amide bonds. The Bertz CT molecular complexity index is 378. The molecule has 1 aliphatic carbocycles. The van der Waals surface area contributed by atoms with Crippen molar-refractivity contribution in [3.05, 3.63) is 24.0 Å². The van der Waals surface area contributed by atoms with Crippen molar-refractivity contribution in [3.63, 3.8) is 0 Å². The number of rotatable bonds is 4. The molecule has 1 aromatic heterocycles. The van der Waals surface area contributed by atoms with E-state index >= 15 is 0 Å². The third-order valence-corrected chi connectivity index (χ3v) is 3.37. The first kappa shape index (κ1) is 12.2. The van der Waals surface area contributed by atoms with Crippen LogP contribution < -0.4 is 11.1 Å². The minimum atomic E-state index is -0.0377. The van der Waals surface area contributed by atoms with Gasteiger partial charge in [0.2, 0.25) is 5.91 Å². The highest BCUT2D eigenvalue weighted by Gasteiger charge is 2.17. The van der Waals surface area contributed by atoms with Gasteiger partial charge in [-0.3, -0.25) is 4.79 Å². The Morgan fingerprint density at radius 2 is 2.29 bits per heavy atom. The van der Waals surface area contributed by atoms with E-state index < -0.39 is 0 Å². The molecule has 0 aromatic carbocycles. The molecule has 0 bridgehead atoms. The van der Waals surface area contributed by atoms with Gasteiger partial charge in [-0.15, -0.1) is 0 Å². The maximum Gasteiger partial charge on any atom is 0.240 e. The molecule has 0 spiro atoms. The summed E-state index contributed by atoms with van der Waals surface area (Å²) >= 11 is 0. The SMILES string of the molecule is CC(N)c1cccn1CC(=O)NC1CCCC1. The number of hydrogen-bond acceptors (Lipinski definition) is 2. The van der Waals surface area contributed by atoms with Crippen LogP contribution in [0.25, 0.3) is 0 Å². The summed E-state index contributed by atoms with van der Waals surface area (Å²) in [5.41, 5.74) is 6.85. The standard InChI is InChI=1S/C13H21N3O/c1-10(14)12-7-4-8-16(12)9-13(17)15-11-5-2-3-6-11/h4,7-8,10-11H,2-3,5-6,9,14H2,1H3,(H,15,17). The largest absolute Gasteiger partial charge is 0.352 e. The van der Waals surface area contributed by atoms with E-state index in [0.29, 0.717) is 12.6 Å². The van der Waals surface area contributed by atoms with Gasteiger partial charge in [-0.2, -0.15) is 0 Å². The average molecular weight is 235 g/mol. The third-order valence-electron chi connectivity index (χ3n) is 3.37. The number of hydrogen-bond donors (Lipinski definition) is 2. The summed E-state index contributed by atoms with van der Waals surface area (Å²) in [7, 11) is 0. The molecule has 0 radical (unpaired) electrons. The molecule has 1 saturated carbocycles. The highest BCUT2D eigenvalue weighted by atomic mass is 16.2. The fourth-order valence-corrected chi connectivity index (χ4v) is 2.48. The molecule has 0 aliphatic heterocycles. The first-order valence-electron chi connectivity index (χ1n) is 6.37. The minimum absolute atomic E-state index is 0.0377. The van der Waals surface area contributed by atoms with Gasteiger partial charge in [0.1, 0.15) is 6.54 Å². The van der Waals surface area contributed by atoms with E-state index in [9.17, 15) is 4.79 Å².